The van der Waals surface area contributed by atoms with E-state index < -0.39 is 85.4 Å². The Hall–Kier alpha value is -6.75. The quantitative estimate of drug-likeness (QED) is 0.00927. The molecule has 0 radical (unpaired) electrons. The molecule has 2 aliphatic rings. The number of fused-ring (bicyclic) bond motifs is 1. The number of halogens is 4. The first kappa shape index (κ1) is 79.3. The van der Waals surface area contributed by atoms with Crippen LogP contribution in [-0.2, 0) is 60.4 Å². The number of ether oxygens (including phenoxy) is 3. The molecule has 1 aliphatic heterocycles. The fraction of sp³-hybridized carbons (Fsp3) is 0.379. The number of benzene rings is 5. The van der Waals surface area contributed by atoms with Crippen molar-refractivity contribution in [3.8, 4) is 17.2 Å². The molecule has 0 bridgehead atoms. The fourth-order valence-electron chi connectivity index (χ4n) is 8.24. The molecule has 90 heavy (non-hydrogen) atoms. The summed E-state index contributed by atoms with van der Waals surface area (Å²) in [5.74, 6) is -3.67. The maximum absolute atomic E-state index is 12.4. The van der Waals surface area contributed by atoms with Crippen LogP contribution in [0.4, 0.5) is 28.4 Å². The van der Waals surface area contributed by atoms with Gasteiger partial charge in [0.15, 0.2) is 32.0 Å². The van der Waals surface area contributed by atoms with Crippen LogP contribution in [0.2, 0.25) is 5.02 Å². The van der Waals surface area contributed by atoms with Gasteiger partial charge in [0.05, 0.1) is 82.0 Å². The van der Waals surface area contributed by atoms with Crippen molar-refractivity contribution in [3.63, 3.8) is 0 Å². The van der Waals surface area contributed by atoms with Gasteiger partial charge in [-0.1, -0.05) is 90.3 Å². The first-order valence-corrected chi connectivity index (χ1v) is 34.7. The molecule has 2 amide bonds. The van der Waals surface area contributed by atoms with E-state index in [2.05, 4.69) is 31.8 Å². The molecule has 5 aromatic rings. The molecule has 5 N–H and O–H groups in total. The Morgan fingerprint density at radius 2 is 1.51 bits per heavy atom. The summed E-state index contributed by atoms with van der Waals surface area (Å²) in [5, 5.41) is 31.8. The fourth-order valence-corrected chi connectivity index (χ4v) is 9.81. The number of nitrogens with one attached hydrogen (secondary N) is 1. The highest BCUT2D eigenvalue weighted by atomic mass is 35.5. The summed E-state index contributed by atoms with van der Waals surface area (Å²) in [6.07, 6.45) is 8.12. The van der Waals surface area contributed by atoms with Crippen LogP contribution in [0, 0.1) is 33.1 Å². The van der Waals surface area contributed by atoms with E-state index >= 15 is 0 Å². The van der Waals surface area contributed by atoms with Gasteiger partial charge in [0.1, 0.15) is 54.0 Å². The highest BCUT2D eigenvalue weighted by Crippen LogP contribution is 2.39. The normalized spacial score (nSPS) is 14.4. The summed E-state index contributed by atoms with van der Waals surface area (Å²) < 4.78 is 49.1. The topological polar surface area (TPSA) is 376 Å². The summed E-state index contributed by atoms with van der Waals surface area (Å²) >= 11 is 22.9. The Kier molecular flexibility index (Phi) is 33.7. The SMILES string of the molecule is CC1COc2ccccc2N1C(=O)C(Cl)Cl.CCc1cccc(C)c1N(C(=O)CCl)C(C)COC.CS(=O)(=O)c1ccc(C(=O)C2C(=O)CCCC2=O)c([N+](=O)[O-])c1.C[S+](C)C.Nc1c([N+](=O)[O-])ccc(Oc2ccccc2)c1Cl.O=C(O)CNCP(=O)([O-])O. The molecule has 0 spiro atoms. The monoisotopic (exact) mass is 1390 g/mol. The standard InChI is InChI=1S/C15H22ClNO2.C14H13NO7S.C12H9ClN2O3.C11H11Cl2NO2.C3H8NO5P.C3H9S/c1-5-13-8-6-7-11(2)15(13)17(14(18)9-16)12(3)10-19-4;1-23(21,22)8-5-6-9(10(7-8)15(19)20)14(18)13-11(16)3-2-4-12(13)17;13-11-10(18-8-4-2-1-3-5-8)7-6-9(12(11)14)15(16)17;1-7-6-16-9-5-3-2-4-8(9)14(7)11(15)10(12)13;5-3(6)1-4-2-10(7,8)9;1-4(2)3/h6-8,12H,5,9-10H2,1-4H3;5-7,13H,2-4H2,1H3;1-7H,14H2;2-5,7,10H,6H2,1H3;4H,1-2H2,(H,5,6)(H2,7,8,9);1-3H3/q;;;;;+1/p-1. The Bertz CT molecular complexity index is 3460. The highest BCUT2D eigenvalue weighted by Gasteiger charge is 2.39. The first-order chi connectivity index (χ1) is 42.0. The molecule has 492 valence electrons. The number of carbonyl (C=O) groups is 6. The summed E-state index contributed by atoms with van der Waals surface area (Å²) in [6, 6.07) is 27.7. The van der Waals surface area contributed by atoms with E-state index in [0.717, 1.165) is 53.4 Å². The van der Waals surface area contributed by atoms with Crippen LogP contribution in [0.3, 0.4) is 0 Å². The van der Waals surface area contributed by atoms with Gasteiger partial charge in [-0.2, -0.15) is 0 Å². The average molecular weight is 1390 g/mol. The number of carboxylic acid groups (broad SMARTS) is 1. The number of methoxy groups -OCH3 is 1. The zero-order chi connectivity index (χ0) is 68.4. The lowest BCUT2D eigenvalue weighted by molar-refractivity contribution is -0.385. The Morgan fingerprint density at radius 1 is 0.933 bits per heavy atom. The van der Waals surface area contributed by atoms with Gasteiger partial charge in [0.25, 0.3) is 17.3 Å². The molecule has 0 saturated heterocycles. The Balaban J connectivity index is 0.000000384. The van der Waals surface area contributed by atoms with Gasteiger partial charge in [-0.3, -0.25) is 54.3 Å². The third-order valence-electron chi connectivity index (χ3n) is 12.1. The van der Waals surface area contributed by atoms with Crippen LogP contribution in [0.15, 0.2) is 108 Å². The molecule has 1 saturated carbocycles. The van der Waals surface area contributed by atoms with E-state index in [0.29, 0.717) is 42.0 Å². The van der Waals surface area contributed by atoms with Crippen molar-refractivity contribution in [2.75, 3.05) is 79.6 Å². The van der Waals surface area contributed by atoms with E-state index in [1.807, 2.05) is 68.6 Å². The predicted octanol–water partition coefficient (Wildman–Crippen LogP) is 9.17. The van der Waals surface area contributed by atoms with E-state index in [-0.39, 0.29) is 69.7 Å². The Labute approximate surface area is 544 Å². The molecule has 1 aliphatic carbocycles. The number of sulfone groups is 1. The molecule has 7 rings (SSSR count). The zero-order valence-electron chi connectivity index (χ0n) is 50.5. The molecule has 3 atom stereocenters. The van der Waals surface area contributed by atoms with Crippen LogP contribution in [0.25, 0.3) is 0 Å². The molecule has 0 aromatic heterocycles. The van der Waals surface area contributed by atoms with Crippen molar-refractivity contribution in [3.05, 3.63) is 145 Å². The van der Waals surface area contributed by atoms with E-state index in [1.54, 1.807) is 41.2 Å². The van der Waals surface area contributed by atoms with Crippen molar-refractivity contribution in [2.45, 2.75) is 75.2 Å². The van der Waals surface area contributed by atoms with Crippen LogP contribution < -0.4 is 35.2 Å². The predicted molar refractivity (Wildman–Crippen MR) is 347 cm³/mol. The number of alkyl halides is 3. The number of nitro groups is 2. The number of ketones is 3. The highest BCUT2D eigenvalue weighted by molar-refractivity contribution is 7.94. The third kappa shape index (κ3) is 25.5. The second kappa shape index (κ2) is 38.2. The van der Waals surface area contributed by atoms with Crippen LogP contribution in [-0.4, -0.2) is 144 Å². The number of nitrogens with two attached hydrogens (primary N) is 1. The van der Waals surface area contributed by atoms with E-state index in [9.17, 15) is 66.9 Å². The maximum atomic E-state index is 12.4. The van der Waals surface area contributed by atoms with Crippen molar-refractivity contribution < 1.29 is 80.7 Å². The number of aliphatic carboxylic acids is 1. The van der Waals surface area contributed by atoms with Gasteiger partial charge >= 0.3 is 5.97 Å². The lowest BCUT2D eigenvalue weighted by Gasteiger charge is -2.35. The minimum absolute atomic E-state index is 0.0223. The van der Waals surface area contributed by atoms with Gasteiger partial charge in [-0.15, -0.1) is 11.6 Å². The molecular weight excluding hydrogens is 1320 g/mol. The van der Waals surface area contributed by atoms with E-state index in [4.69, 9.17) is 76.3 Å². The van der Waals surface area contributed by atoms with Gasteiger partial charge in [-0.25, -0.2) is 8.42 Å². The lowest BCUT2D eigenvalue weighted by atomic mass is 9.81. The van der Waals surface area contributed by atoms with E-state index in [1.165, 1.54) is 12.1 Å². The van der Waals surface area contributed by atoms with Crippen LogP contribution >= 0.6 is 54.0 Å². The number of nitrogen functional groups attached to an aromatic ring is 1. The number of amides is 2. The average Bonchev–Trinajstić information content (AvgIpc) is 0.956. The number of nitrogens with zero attached hydrogens (tertiary/aromatic N) is 4. The smallest absolute Gasteiger partial charge is 0.317 e. The summed E-state index contributed by atoms with van der Waals surface area (Å²) in [5.41, 5.74) is 8.01. The number of Topliss-reactive ketones (excluding diaryl/α,β-unsaturated/α-hetero) is 3. The largest absolute Gasteiger partial charge is 0.778 e. The summed E-state index contributed by atoms with van der Waals surface area (Å²) in [7, 11) is -5.77. The maximum Gasteiger partial charge on any atom is 0.317 e. The van der Waals surface area contributed by atoms with Crippen LogP contribution in [0.1, 0.15) is 61.5 Å². The Morgan fingerprint density at radius 3 is 2.02 bits per heavy atom. The molecule has 1 heterocycles. The number of hydrogen-bond donors (Lipinski definition) is 4. The van der Waals surface area contributed by atoms with Crippen molar-refractivity contribution in [1.82, 2.24) is 5.32 Å². The van der Waals surface area contributed by atoms with Crippen molar-refractivity contribution in [2.24, 2.45) is 5.92 Å². The van der Waals surface area contributed by atoms with Crippen molar-refractivity contribution in [1.29, 1.82) is 0 Å². The minimum Gasteiger partial charge on any atom is -0.778 e. The number of rotatable bonds is 18. The first-order valence-electron chi connectivity index (χ1n) is 26.8. The second-order valence-electron chi connectivity index (χ2n) is 19.9. The van der Waals surface area contributed by atoms with Crippen molar-refractivity contribution >= 4 is 138 Å². The third-order valence-corrected chi connectivity index (χ3v) is 14.9. The molecular formula is C58H71Cl4N6O19PS2. The number of aryl methyl sites for hydroxylation is 2. The number of carbonyl (C=O) groups excluding carboxylic acids is 5. The second-order valence-corrected chi connectivity index (χ2v) is 27.7. The lowest BCUT2D eigenvalue weighted by Crippen LogP contribution is -2.47. The minimum atomic E-state index is -4.35. The van der Waals surface area contributed by atoms with Crippen LogP contribution in [0.5, 0.6) is 17.2 Å². The summed E-state index contributed by atoms with van der Waals surface area (Å²) in [4.78, 5) is 110. The van der Waals surface area contributed by atoms with Gasteiger partial charge < -0.3 is 49.2 Å². The van der Waals surface area contributed by atoms with Gasteiger partial charge in [0.2, 0.25) is 5.91 Å². The molecule has 5 aromatic carbocycles. The van der Waals surface area contributed by atoms with Gasteiger partial charge in [-0.05, 0) is 98.1 Å². The molecule has 1 fully saturated rings. The number of nitro benzene ring substituents is 2. The number of hydrogen-bond acceptors (Lipinski definition) is 19. The summed E-state index contributed by atoms with van der Waals surface area (Å²) in [6.45, 7) is 8.42. The van der Waals surface area contributed by atoms with Gasteiger partial charge in [0, 0.05) is 38.3 Å². The number of anilines is 3. The zero-order valence-corrected chi connectivity index (χ0v) is 56.0. The molecule has 25 nitrogen and oxygen atoms in total. The molecule has 32 heteroatoms. The molecule has 3 unspecified atom stereocenters. The number of carboxylic acids is 1. The number of para-hydroxylation sites is 4.